The molecule has 5 atom stereocenters. The molecule has 4 unspecified atom stereocenters. The maximum absolute atomic E-state index is 10.1. The monoisotopic (exact) mass is 344 g/mol. The van der Waals surface area contributed by atoms with Crippen LogP contribution < -0.4 is 0 Å². The molecule has 0 spiro atoms. The zero-order chi connectivity index (χ0) is 10.8. The number of halogens is 1. The highest BCUT2D eigenvalue weighted by molar-refractivity contribution is 14.1. The summed E-state index contributed by atoms with van der Waals surface area (Å²) in [6.07, 6.45) is 0.972. The molecule has 2 N–H and O–H groups in total. The molecular formula is C10H17IO3S. The Morgan fingerprint density at radius 2 is 2.33 bits per heavy atom. The predicted molar refractivity (Wildman–Crippen MR) is 69.6 cm³/mol. The molecule has 2 heterocycles. The molecule has 0 bridgehead atoms. The van der Waals surface area contributed by atoms with Crippen LogP contribution in [0.4, 0.5) is 0 Å². The summed E-state index contributed by atoms with van der Waals surface area (Å²) in [7, 11) is 0. The van der Waals surface area contributed by atoms with E-state index in [1.54, 1.807) is 0 Å². The first kappa shape index (κ1) is 12.4. The van der Waals surface area contributed by atoms with Crippen LogP contribution in [0.3, 0.4) is 0 Å². The Bertz CT molecular complexity index is 217. The quantitative estimate of drug-likeness (QED) is 0.594. The number of ether oxygens (including phenoxy) is 1. The minimum atomic E-state index is -0.375. The number of aliphatic hydroxyl groups is 2. The zero-order valence-electron chi connectivity index (χ0n) is 8.51. The molecule has 0 radical (unpaired) electrons. The Kier molecular flexibility index (Phi) is 4.58. The zero-order valence-corrected chi connectivity index (χ0v) is 11.5. The summed E-state index contributed by atoms with van der Waals surface area (Å²) in [6.45, 7) is 0. The lowest BCUT2D eigenvalue weighted by atomic mass is 9.94. The average molecular weight is 344 g/mol. The standard InChI is InChI=1S/C10H17IO3S/c11-4-6(12)3-9-10(13)7-5-15-2-1-8(7)14-9/h6-10,12-13H,1-5H2/t6?,7?,8?,9-,10?/m1/s1. The van der Waals surface area contributed by atoms with Crippen LogP contribution in [-0.2, 0) is 4.74 Å². The molecule has 0 amide bonds. The van der Waals surface area contributed by atoms with Gasteiger partial charge in [0.1, 0.15) is 0 Å². The van der Waals surface area contributed by atoms with Crippen LogP contribution in [0.25, 0.3) is 0 Å². The van der Waals surface area contributed by atoms with Crippen molar-refractivity contribution in [3.8, 4) is 0 Å². The summed E-state index contributed by atoms with van der Waals surface area (Å²) in [5.74, 6) is 2.42. The second kappa shape index (κ2) is 5.53. The van der Waals surface area contributed by atoms with Crippen molar-refractivity contribution in [3.05, 3.63) is 0 Å². The molecule has 2 aliphatic rings. The van der Waals surface area contributed by atoms with Gasteiger partial charge in [-0.3, -0.25) is 0 Å². The molecule has 2 fully saturated rings. The van der Waals surface area contributed by atoms with Crippen LogP contribution in [0.1, 0.15) is 12.8 Å². The van der Waals surface area contributed by atoms with Gasteiger partial charge in [0, 0.05) is 22.5 Å². The van der Waals surface area contributed by atoms with Gasteiger partial charge in [-0.1, -0.05) is 22.6 Å². The number of rotatable bonds is 3. The molecule has 2 aliphatic heterocycles. The van der Waals surface area contributed by atoms with Crippen LogP contribution in [-0.4, -0.2) is 50.6 Å². The molecule has 5 heteroatoms. The van der Waals surface area contributed by atoms with E-state index in [0.717, 1.165) is 17.9 Å². The molecule has 2 rings (SSSR count). The summed E-state index contributed by atoms with van der Waals surface area (Å²) in [5, 5.41) is 19.6. The maximum atomic E-state index is 10.1. The molecule has 3 nitrogen and oxygen atoms in total. The largest absolute Gasteiger partial charge is 0.392 e. The predicted octanol–water partition coefficient (Wildman–Crippen LogP) is 1.05. The van der Waals surface area contributed by atoms with Gasteiger partial charge in [0.15, 0.2) is 0 Å². The van der Waals surface area contributed by atoms with Crippen LogP contribution in [0.5, 0.6) is 0 Å². The third-order valence-corrected chi connectivity index (χ3v) is 5.35. The minimum absolute atomic E-state index is 0.150. The molecule has 2 saturated heterocycles. The normalized spacial score (nSPS) is 42.6. The summed E-state index contributed by atoms with van der Waals surface area (Å²) in [6, 6.07) is 0. The van der Waals surface area contributed by atoms with E-state index < -0.39 is 0 Å². The van der Waals surface area contributed by atoms with Crippen molar-refractivity contribution in [3.63, 3.8) is 0 Å². The smallest absolute Gasteiger partial charge is 0.0866 e. The molecule has 0 saturated carbocycles. The highest BCUT2D eigenvalue weighted by Gasteiger charge is 2.44. The highest BCUT2D eigenvalue weighted by atomic mass is 127. The summed E-state index contributed by atoms with van der Waals surface area (Å²) >= 11 is 4.05. The second-order valence-corrected chi connectivity index (χ2v) is 6.31. The van der Waals surface area contributed by atoms with Crippen molar-refractivity contribution in [2.75, 3.05) is 15.9 Å². The Labute approximate surface area is 108 Å². The lowest BCUT2D eigenvalue weighted by molar-refractivity contribution is -0.0157. The minimum Gasteiger partial charge on any atom is -0.392 e. The number of thioether (sulfide) groups is 1. The van der Waals surface area contributed by atoms with Gasteiger partial charge in [0.05, 0.1) is 24.4 Å². The molecule has 0 aromatic heterocycles. The lowest BCUT2D eigenvalue weighted by Crippen LogP contribution is -2.33. The Balaban J connectivity index is 1.92. The lowest BCUT2D eigenvalue weighted by Gasteiger charge is -2.24. The van der Waals surface area contributed by atoms with Crippen molar-refractivity contribution in [1.29, 1.82) is 0 Å². The number of fused-ring (bicyclic) bond motifs is 1. The summed E-state index contributed by atoms with van der Waals surface area (Å²) < 4.78 is 6.53. The molecule has 88 valence electrons. The van der Waals surface area contributed by atoms with Gasteiger partial charge in [0.25, 0.3) is 0 Å². The van der Waals surface area contributed by atoms with E-state index in [1.807, 2.05) is 11.8 Å². The Morgan fingerprint density at radius 1 is 1.53 bits per heavy atom. The summed E-state index contributed by atoms with van der Waals surface area (Å²) in [5.41, 5.74) is 0. The first-order valence-corrected chi connectivity index (χ1v) is 8.05. The van der Waals surface area contributed by atoms with Gasteiger partial charge in [-0.2, -0.15) is 11.8 Å². The molecule has 0 aromatic carbocycles. The van der Waals surface area contributed by atoms with Crippen LogP contribution >= 0.6 is 34.4 Å². The SMILES string of the molecule is OC(CI)C[C@H]1OC2CCSCC2C1O. The van der Waals surface area contributed by atoms with Crippen molar-refractivity contribution >= 4 is 34.4 Å². The van der Waals surface area contributed by atoms with Gasteiger partial charge in [-0.25, -0.2) is 0 Å². The number of alkyl halides is 1. The topological polar surface area (TPSA) is 49.7 Å². The van der Waals surface area contributed by atoms with Crippen molar-refractivity contribution in [1.82, 2.24) is 0 Å². The van der Waals surface area contributed by atoms with Crippen LogP contribution in [0.2, 0.25) is 0 Å². The van der Waals surface area contributed by atoms with E-state index in [2.05, 4.69) is 22.6 Å². The molecular weight excluding hydrogens is 327 g/mol. The van der Waals surface area contributed by atoms with E-state index in [4.69, 9.17) is 4.74 Å². The number of hydrogen-bond acceptors (Lipinski definition) is 4. The van der Waals surface area contributed by atoms with Gasteiger partial charge < -0.3 is 14.9 Å². The first-order chi connectivity index (χ1) is 7.22. The van der Waals surface area contributed by atoms with Crippen LogP contribution in [0, 0.1) is 5.92 Å². The van der Waals surface area contributed by atoms with Crippen molar-refractivity contribution < 1.29 is 14.9 Å². The molecule has 15 heavy (non-hydrogen) atoms. The van der Waals surface area contributed by atoms with E-state index in [9.17, 15) is 10.2 Å². The first-order valence-electron chi connectivity index (χ1n) is 5.37. The molecule has 0 aliphatic carbocycles. The van der Waals surface area contributed by atoms with E-state index in [0.29, 0.717) is 10.8 Å². The van der Waals surface area contributed by atoms with Gasteiger partial charge in [-0.15, -0.1) is 0 Å². The van der Waals surface area contributed by atoms with Gasteiger partial charge >= 0.3 is 0 Å². The Hall–Kier alpha value is 0.960. The number of hydrogen-bond donors (Lipinski definition) is 2. The van der Waals surface area contributed by atoms with Crippen molar-refractivity contribution in [2.24, 2.45) is 5.92 Å². The maximum Gasteiger partial charge on any atom is 0.0866 e. The fourth-order valence-corrected chi connectivity index (χ4v) is 3.94. The van der Waals surface area contributed by atoms with Crippen molar-refractivity contribution in [2.45, 2.75) is 37.3 Å². The fourth-order valence-electron chi connectivity index (χ4n) is 2.33. The van der Waals surface area contributed by atoms with E-state index in [1.165, 1.54) is 0 Å². The van der Waals surface area contributed by atoms with E-state index >= 15 is 0 Å². The Morgan fingerprint density at radius 3 is 3.00 bits per heavy atom. The van der Waals surface area contributed by atoms with Gasteiger partial charge in [-0.05, 0) is 12.2 Å². The summed E-state index contributed by atoms with van der Waals surface area (Å²) in [4.78, 5) is 0. The third kappa shape index (κ3) is 2.80. The second-order valence-electron chi connectivity index (χ2n) is 4.27. The number of aliphatic hydroxyl groups excluding tert-OH is 2. The van der Waals surface area contributed by atoms with Gasteiger partial charge in [0.2, 0.25) is 0 Å². The van der Waals surface area contributed by atoms with E-state index in [-0.39, 0.29) is 30.3 Å². The van der Waals surface area contributed by atoms with Crippen LogP contribution in [0.15, 0.2) is 0 Å². The fraction of sp³-hybridized carbons (Fsp3) is 1.00. The molecule has 0 aromatic rings. The third-order valence-electron chi connectivity index (χ3n) is 3.19. The highest BCUT2D eigenvalue weighted by Crippen LogP contribution is 2.37. The average Bonchev–Trinajstić information content (AvgIpc) is 2.57.